The molecule has 128 valence electrons. The van der Waals surface area contributed by atoms with Crippen LogP contribution in [0.4, 0.5) is 0 Å². The predicted molar refractivity (Wildman–Crippen MR) is 92.4 cm³/mol. The van der Waals surface area contributed by atoms with E-state index in [-0.39, 0.29) is 0 Å². The molecule has 2 aliphatic rings. The minimum atomic E-state index is 0.701. The Morgan fingerprint density at radius 2 is 2.14 bits per heavy atom. The molecule has 0 radical (unpaired) electrons. The number of nitrogens with one attached hydrogen (secondary N) is 1. The van der Waals surface area contributed by atoms with Crippen molar-refractivity contribution in [3.8, 4) is 0 Å². The molecule has 1 saturated heterocycles. The van der Waals surface area contributed by atoms with Gasteiger partial charge in [-0.25, -0.2) is 0 Å². The fourth-order valence-corrected chi connectivity index (χ4v) is 2.95. The van der Waals surface area contributed by atoms with Gasteiger partial charge in [-0.2, -0.15) is 0 Å². The highest BCUT2D eigenvalue weighted by Crippen LogP contribution is 2.28. The van der Waals surface area contributed by atoms with Gasteiger partial charge in [-0.15, -0.1) is 0 Å². The second-order valence-corrected chi connectivity index (χ2v) is 6.90. The molecule has 0 amide bonds. The second kappa shape index (κ2) is 9.36. The molecule has 1 saturated carbocycles. The zero-order valence-corrected chi connectivity index (χ0v) is 14.7. The molecule has 0 aromatic rings. The van der Waals surface area contributed by atoms with E-state index in [4.69, 9.17) is 9.73 Å². The maximum atomic E-state index is 5.73. The molecule has 0 bridgehead atoms. The third kappa shape index (κ3) is 6.53. The van der Waals surface area contributed by atoms with Gasteiger partial charge >= 0.3 is 0 Å². The van der Waals surface area contributed by atoms with Gasteiger partial charge in [0.25, 0.3) is 0 Å². The van der Waals surface area contributed by atoms with Crippen molar-refractivity contribution in [1.29, 1.82) is 0 Å². The lowest BCUT2D eigenvalue weighted by Gasteiger charge is -2.29. The number of hydrogen-bond donors (Lipinski definition) is 1. The topological polar surface area (TPSA) is 40.1 Å². The lowest BCUT2D eigenvalue weighted by molar-refractivity contribution is 0.115. The number of likely N-dealkylation sites (tertiary alicyclic amines) is 1. The number of rotatable bonds is 8. The van der Waals surface area contributed by atoms with Gasteiger partial charge in [0.2, 0.25) is 0 Å². The van der Waals surface area contributed by atoms with Crippen molar-refractivity contribution in [2.24, 2.45) is 16.8 Å². The van der Waals surface area contributed by atoms with Gasteiger partial charge in [-0.3, -0.25) is 4.99 Å². The summed E-state index contributed by atoms with van der Waals surface area (Å²) in [5, 5.41) is 3.40. The summed E-state index contributed by atoms with van der Waals surface area (Å²) in [5.74, 6) is 2.56. The standard InChI is InChI=1S/C17H34N4O/c1-4-18-17(19-12-16-6-5-9-20(2)13-16)21(3)10-11-22-14-15-7-8-15/h15-16H,4-14H2,1-3H3,(H,18,19). The number of ether oxygens (including phenoxy) is 1. The molecule has 0 spiro atoms. The first-order chi connectivity index (χ1) is 10.7. The Morgan fingerprint density at radius 1 is 1.32 bits per heavy atom. The van der Waals surface area contributed by atoms with Crippen LogP contribution in [0.15, 0.2) is 4.99 Å². The monoisotopic (exact) mass is 310 g/mol. The van der Waals surface area contributed by atoms with Gasteiger partial charge in [0.05, 0.1) is 6.61 Å². The van der Waals surface area contributed by atoms with Crippen molar-refractivity contribution in [3.05, 3.63) is 0 Å². The van der Waals surface area contributed by atoms with Gasteiger partial charge in [-0.1, -0.05) is 0 Å². The molecule has 1 unspecified atom stereocenters. The smallest absolute Gasteiger partial charge is 0.193 e. The van der Waals surface area contributed by atoms with Gasteiger partial charge in [0.15, 0.2) is 5.96 Å². The van der Waals surface area contributed by atoms with E-state index in [0.29, 0.717) is 5.92 Å². The Bertz CT molecular complexity index is 344. The largest absolute Gasteiger partial charge is 0.379 e. The van der Waals surface area contributed by atoms with Gasteiger partial charge in [0.1, 0.15) is 0 Å². The van der Waals surface area contributed by atoms with Crippen LogP contribution >= 0.6 is 0 Å². The molecule has 5 nitrogen and oxygen atoms in total. The number of guanidine groups is 1. The summed E-state index contributed by atoms with van der Waals surface area (Å²) in [6.45, 7) is 9.02. The average Bonchev–Trinajstić information content (AvgIpc) is 3.32. The highest BCUT2D eigenvalue weighted by Gasteiger charge is 2.21. The van der Waals surface area contributed by atoms with E-state index in [1.54, 1.807) is 0 Å². The Hall–Kier alpha value is -0.810. The Balaban J connectivity index is 1.71. The second-order valence-electron chi connectivity index (χ2n) is 6.90. The third-order valence-electron chi connectivity index (χ3n) is 4.54. The minimum Gasteiger partial charge on any atom is -0.379 e. The number of hydrogen-bond acceptors (Lipinski definition) is 3. The van der Waals surface area contributed by atoms with Crippen LogP contribution in [0.2, 0.25) is 0 Å². The summed E-state index contributed by atoms with van der Waals surface area (Å²) in [4.78, 5) is 9.47. The van der Waals surface area contributed by atoms with E-state index >= 15 is 0 Å². The van der Waals surface area contributed by atoms with Crippen LogP contribution in [0.3, 0.4) is 0 Å². The average molecular weight is 310 g/mol. The molecule has 5 heteroatoms. The molecular weight excluding hydrogens is 276 g/mol. The molecule has 1 aliphatic heterocycles. The third-order valence-corrected chi connectivity index (χ3v) is 4.54. The number of nitrogens with zero attached hydrogens (tertiary/aromatic N) is 3. The molecule has 1 heterocycles. The Kier molecular flexibility index (Phi) is 7.46. The zero-order valence-electron chi connectivity index (χ0n) is 14.7. The van der Waals surface area contributed by atoms with E-state index in [1.165, 1.54) is 38.8 Å². The van der Waals surface area contributed by atoms with Gasteiger partial charge in [0, 0.05) is 39.8 Å². The van der Waals surface area contributed by atoms with Crippen LogP contribution in [0.1, 0.15) is 32.6 Å². The van der Waals surface area contributed by atoms with Gasteiger partial charge < -0.3 is 19.9 Å². The first kappa shape index (κ1) is 17.5. The highest BCUT2D eigenvalue weighted by molar-refractivity contribution is 5.79. The van der Waals surface area contributed by atoms with E-state index in [1.807, 2.05) is 0 Å². The van der Waals surface area contributed by atoms with Crippen LogP contribution < -0.4 is 5.32 Å². The predicted octanol–water partition coefficient (Wildman–Crippen LogP) is 1.65. The SMILES string of the molecule is CCNC(=NCC1CCCN(C)C1)N(C)CCOCC1CC1. The summed E-state index contributed by atoms with van der Waals surface area (Å²) in [5.41, 5.74) is 0. The van der Waals surface area contributed by atoms with Crippen LogP contribution in [0.25, 0.3) is 0 Å². The minimum absolute atomic E-state index is 0.701. The van der Waals surface area contributed by atoms with E-state index in [2.05, 4.69) is 36.1 Å². The highest BCUT2D eigenvalue weighted by atomic mass is 16.5. The number of aliphatic imine (C=N–C) groups is 1. The normalized spacial score (nSPS) is 23.6. The number of piperidine rings is 1. The maximum absolute atomic E-state index is 5.73. The fourth-order valence-electron chi connectivity index (χ4n) is 2.95. The summed E-state index contributed by atoms with van der Waals surface area (Å²) >= 11 is 0. The molecule has 0 aromatic carbocycles. The van der Waals surface area contributed by atoms with E-state index < -0.39 is 0 Å². The Labute approximate surface area is 136 Å². The van der Waals surface area contributed by atoms with E-state index in [0.717, 1.165) is 44.7 Å². The van der Waals surface area contributed by atoms with Crippen molar-refractivity contribution in [2.75, 3.05) is 60.0 Å². The maximum Gasteiger partial charge on any atom is 0.193 e. The van der Waals surface area contributed by atoms with Crippen molar-refractivity contribution in [3.63, 3.8) is 0 Å². The molecule has 1 N–H and O–H groups in total. The van der Waals surface area contributed by atoms with Crippen molar-refractivity contribution >= 4 is 5.96 Å². The Morgan fingerprint density at radius 3 is 2.82 bits per heavy atom. The van der Waals surface area contributed by atoms with Crippen LogP contribution in [0, 0.1) is 11.8 Å². The molecule has 22 heavy (non-hydrogen) atoms. The van der Waals surface area contributed by atoms with Crippen LogP contribution in [0.5, 0.6) is 0 Å². The fraction of sp³-hybridized carbons (Fsp3) is 0.941. The lowest BCUT2D eigenvalue weighted by Crippen LogP contribution is -2.41. The summed E-state index contributed by atoms with van der Waals surface area (Å²) < 4.78 is 5.73. The van der Waals surface area contributed by atoms with Crippen LogP contribution in [-0.2, 0) is 4.74 Å². The van der Waals surface area contributed by atoms with E-state index in [9.17, 15) is 0 Å². The summed E-state index contributed by atoms with van der Waals surface area (Å²) in [6, 6.07) is 0. The number of likely N-dealkylation sites (N-methyl/N-ethyl adjacent to an activating group) is 1. The zero-order chi connectivity index (χ0) is 15.8. The van der Waals surface area contributed by atoms with Crippen molar-refractivity contribution in [2.45, 2.75) is 32.6 Å². The first-order valence-electron chi connectivity index (χ1n) is 8.94. The van der Waals surface area contributed by atoms with Crippen molar-refractivity contribution < 1.29 is 4.74 Å². The van der Waals surface area contributed by atoms with Crippen LogP contribution in [-0.4, -0.2) is 75.8 Å². The van der Waals surface area contributed by atoms with Crippen molar-refractivity contribution in [1.82, 2.24) is 15.1 Å². The lowest BCUT2D eigenvalue weighted by atomic mass is 9.99. The molecule has 1 atom stereocenters. The quantitative estimate of drug-likeness (QED) is 0.420. The molecule has 0 aromatic heterocycles. The summed E-state index contributed by atoms with van der Waals surface area (Å²) in [7, 11) is 4.32. The molecule has 2 rings (SSSR count). The van der Waals surface area contributed by atoms with Gasteiger partial charge in [-0.05, 0) is 58.0 Å². The molecule has 1 aliphatic carbocycles. The first-order valence-corrected chi connectivity index (χ1v) is 8.94. The summed E-state index contributed by atoms with van der Waals surface area (Å²) in [6.07, 6.45) is 5.32. The molecule has 2 fully saturated rings. The molecular formula is C17H34N4O.